The lowest BCUT2D eigenvalue weighted by Gasteiger charge is -1.97. The summed E-state index contributed by atoms with van der Waals surface area (Å²) in [6.07, 6.45) is 2.28. The van der Waals surface area contributed by atoms with Gasteiger partial charge in [0.2, 0.25) is 5.82 Å². The highest BCUT2D eigenvalue weighted by atomic mass is 16.2. The van der Waals surface area contributed by atoms with Gasteiger partial charge in [-0.05, 0) is 12.8 Å². The van der Waals surface area contributed by atoms with Crippen LogP contribution < -0.4 is 11.1 Å². The molecule has 0 saturated heterocycles. The number of hydrogen-bond acceptors (Lipinski definition) is 4. The molecule has 0 spiro atoms. The first-order valence-electron chi connectivity index (χ1n) is 4.72. The van der Waals surface area contributed by atoms with Gasteiger partial charge in [-0.25, -0.2) is 4.98 Å². The Balaban J connectivity index is 1.97. The van der Waals surface area contributed by atoms with Crippen molar-refractivity contribution in [3.63, 3.8) is 0 Å². The van der Waals surface area contributed by atoms with Crippen LogP contribution >= 0.6 is 0 Å². The third-order valence-electron chi connectivity index (χ3n) is 2.10. The maximum atomic E-state index is 11.3. The van der Waals surface area contributed by atoms with Gasteiger partial charge in [0.1, 0.15) is 5.82 Å². The van der Waals surface area contributed by atoms with Crippen LogP contribution in [0.3, 0.4) is 0 Å². The largest absolute Gasteiger partial charge is 0.348 e. The molecular weight excluding hydrogens is 182 g/mol. The van der Waals surface area contributed by atoms with Crippen LogP contribution in [0.2, 0.25) is 0 Å². The zero-order valence-electron chi connectivity index (χ0n) is 7.79. The van der Waals surface area contributed by atoms with Gasteiger partial charge in [0, 0.05) is 19.0 Å². The molecule has 1 saturated carbocycles. The fourth-order valence-corrected chi connectivity index (χ4v) is 1.18. The van der Waals surface area contributed by atoms with Gasteiger partial charge in [0.25, 0.3) is 5.91 Å². The predicted octanol–water partition coefficient (Wildman–Crippen LogP) is -0.629. The Labute approximate surface area is 81.3 Å². The van der Waals surface area contributed by atoms with Crippen LogP contribution in [0.1, 0.15) is 35.2 Å². The number of nitrogens with zero attached hydrogens (tertiary/aromatic N) is 2. The smallest absolute Gasteiger partial charge is 0.291 e. The summed E-state index contributed by atoms with van der Waals surface area (Å²) < 4.78 is 0. The third-order valence-corrected chi connectivity index (χ3v) is 2.10. The Morgan fingerprint density at radius 1 is 1.64 bits per heavy atom. The highest BCUT2D eigenvalue weighted by molar-refractivity contribution is 5.90. The topological polar surface area (TPSA) is 96.7 Å². The number of carbonyl (C=O) groups is 1. The number of nitrogens with two attached hydrogens (primary N) is 1. The Morgan fingerprint density at radius 3 is 3.07 bits per heavy atom. The molecule has 0 radical (unpaired) electrons. The number of hydrogen-bond donors (Lipinski definition) is 3. The predicted molar refractivity (Wildman–Crippen MR) is 49.7 cm³/mol. The number of amides is 1. The SMILES string of the molecule is NCCNC(=O)c1n[nH]c(C2CC2)n1. The van der Waals surface area contributed by atoms with Gasteiger partial charge in [-0.1, -0.05) is 0 Å². The third kappa shape index (κ3) is 1.90. The summed E-state index contributed by atoms with van der Waals surface area (Å²) in [5.74, 6) is 1.25. The van der Waals surface area contributed by atoms with Crippen LogP contribution in [0.15, 0.2) is 0 Å². The van der Waals surface area contributed by atoms with Gasteiger partial charge < -0.3 is 11.1 Å². The average molecular weight is 195 g/mol. The molecule has 4 N–H and O–H groups in total. The minimum Gasteiger partial charge on any atom is -0.348 e. The van der Waals surface area contributed by atoms with Gasteiger partial charge in [-0.3, -0.25) is 9.89 Å². The van der Waals surface area contributed by atoms with Gasteiger partial charge in [0.15, 0.2) is 0 Å². The van der Waals surface area contributed by atoms with E-state index in [2.05, 4.69) is 20.5 Å². The van der Waals surface area contributed by atoms with Crippen LogP contribution in [-0.4, -0.2) is 34.2 Å². The molecule has 1 aliphatic carbocycles. The maximum Gasteiger partial charge on any atom is 0.291 e. The molecular formula is C8H13N5O. The van der Waals surface area contributed by atoms with E-state index in [1.165, 1.54) is 0 Å². The number of rotatable bonds is 4. The van der Waals surface area contributed by atoms with Crippen molar-refractivity contribution in [2.45, 2.75) is 18.8 Å². The van der Waals surface area contributed by atoms with Crippen LogP contribution in [0, 0.1) is 0 Å². The zero-order valence-corrected chi connectivity index (χ0v) is 7.79. The Bertz CT molecular complexity index is 330. The van der Waals surface area contributed by atoms with Crippen LogP contribution in [0.5, 0.6) is 0 Å². The summed E-state index contributed by atoms with van der Waals surface area (Å²) in [7, 11) is 0. The molecule has 1 heterocycles. The highest BCUT2D eigenvalue weighted by Gasteiger charge is 2.27. The molecule has 14 heavy (non-hydrogen) atoms. The van der Waals surface area contributed by atoms with Crippen molar-refractivity contribution in [2.75, 3.05) is 13.1 Å². The molecule has 0 aliphatic heterocycles. The lowest BCUT2D eigenvalue weighted by molar-refractivity contribution is 0.0944. The van der Waals surface area contributed by atoms with Crippen molar-refractivity contribution in [2.24, 2.45) is 5.73 Å². The van der Waals surface area contributed by atoms with Crippen molar-refractivity contribution >= 4 is 5.91 Å². The Hall–Kier alpha value is -1.43. The molecule has 0 aromatic carbocycles. The van der Waals surface area contributed by atoms with Crippen molar-refractivity contribution in [1.82, 2.24) is 20.5 Å². The van der Waals surface area contributed by atoms with Crippen LogP contribution in [0.4, 0.5) is 0 Å². The van der Waals surface area contributed by atoms with Crippen LogP contribution in [0.25, 0.3) is 0 Å². The minimum atomic E-state index is -0.265. The first-order chi connectivity index (χ1) is 6.81. The molecule has 0 bridgehead atoms. The summed E-state index contributed by atoms with van der Waals surface area (Å²) in [6.45, 7) is 0.873. The van der Waals surface area contributed by atoms with E-state index in [0.717, 1.165) is 18.7 Å². The summed E-state index contributed by atoms with van der Waals surface area (Å²) in [4.78, 5) is 15.5. The lowest BCUT2D eigenvalue weighted by atomic mass is 10.4. The number of aromatic amines is 1. The van der Waals surface area contributed by atoms with Gasteiger partial charge >= 0.3 is 0 Å². The Kier molecular flexibility index (Phi) is 2.45. The lowest BCUT2D eigenvalue weighted by Crippen LogP contribution is -2.29. The molecule has 6 heteroatoms. The van der Waals surface area contributed by atoms with Crippen LogP contribution in [-0.2, 0) is 0 Å². The molecule has 1 aromatic heterocycles. The molecule has 1 aromatic rings. The van der Waals surface area contributed by atoms with E-state index in [1.807, 2.05) is 0 Å². The zero-order chi connectivity index (χ0) is 9.97. The van der Waals surface area contributed by atoms with Gasteiger partial charge in [-0.2, -0.15) is 0 Å². The van der Waals surface area contributed by atoms with E-state index in [1.54, 1.807) is 0 Å². The second kappa shape index (κ2) is 3.75. The summed E-state index contributed by atoms with van der Waals surface area (Å²) in [5, 5.41) is 9.23. The summed E-state index contributed by atoms with van der Waals surface area (Å²) in [5.41, 5.74) is 5.25. The molecule has 6 nitrogen and oxygen atoms in total. The second-order valence-electron chi connectivity index (χ2n) is 3.36. The van der Waals surface area contributed by atoms with Crippen molar-refractivity contribution in [3.05, 3.63) is 11.6 Å². The maximum absolute atomic E-state index is 11.3. The first kappa shape index (κ1) is 9.14. The molecule has 1 aliphatic rings. The monoisotopic (exact) mass is 195 g/mol. The Morgan fingerprint density at radius 2 is 2.43 bits per heavy atom. The normalized spacial score (nSPS) is 15.5. The number of carbonyl (C=O) groups excluding carboxylic acids is 1. The second-order valence-corrected chi connectivity index (χ2v) is 3.36. The molecule has 0 unspecified atom stereocenters. The average Bonchev–Trinajstić information content (AvgIpc) is 2.93. The summed E-state index contributed by atoms with van der Waals surface area (Å²) in [6, 6.07) is 0. The number of H-pyrrole nitrogens is 1. The fourth-order valence-electron chi connectivity index (χ4n) is 1.18. The van der Waals surface area contributed by atoms with Crippen molar-refractivity contribution in [1.29, 1.82) is 0 Å². The number of nitrogens with one attached hydrogen (secondary N) is 2. The summed E-state index contributed by atoms with van der Waals surface area (Å²) >= 11 is 0. The van der Waals surface area contributed by atoms with E-state index < -0.39 is 0 Å². The molecule has 1 amide bonds. The fraction of sp³-hybridized carbons (Fsp3) is 0.625. The molecule has 0 atom stereocenters. The van der Waals surface area contributed by atoms with E-state index in [0.29, 0.717) is 19.0 Å². The van der Waals surface area contributed by atoms with Crippen molar-refractivity contribution < 1.29 is 4.79 Å². The van der Waals surface area contributed by atoms with Gasteiger partial charge in [-0.15, -0.1) is 5.10 Å². The van der Waals surface area contributed by atoms with E-state index >= 15 is 0 Å². The first-order valence-corrected chi connectivity index (χ1v) is 4.72. The molecule has 1 fully saturated rings. The van der Waals surface area contributed by atoms with Gasteiger partial charge in [0.05, 0.1) is 0 Å². The van der Waals surface area contributed by atoms with E-state index in [4.69, 9.17) is 5.73 Å². The van der Waals surface area contributed by atoms with Crippen molar-refractivity contribution in [3.8, 4) is 0 Å². The highest BCUT2D eigenvalue weighted by Crippen LogP contribution is 2.37. The number of aromatic nitrogens is 3. The van der Waals surface area contributed by atoms with E-state index in [9.17, 15) is 4.79 Å². The molecule has 76 valence electrons. The quantitative estimate of drug-likeness (QED) is 0.596. The minimum absolute atomic E-state index is 0.209. The molecule has 2 rings (SSSR count). The standard InChI is InChI=1S/C8H13N5O/c9-3-4-10-8(14)7-11-6(12-13-7)5-1-2-5/h5H,1-4,9H2,(H,10,14)(H,11,12,13). The van der Waals surface area contributed by atoms with E-state index in [-0.39, 0.29) is 11.7 Å².